The zero-order valence-electron chi connectivity index (χ0n) is 9.27. The van der Waals surface area contributed by atoms with Crippen molar-refractivity contribution in [1.29, 1.82) is 0 Å². The lowest BCUT2D eigenvalue weighted by atomic mass is 10.2. The first-order valence-corrected chi connectivity index (χ1v) is 5.44. The third-order valence-corrected chi connectivity index (χ3v) is 2.65. The number of anilines is 1. The number of aromatic nitrogens is 1. The number of rotatable bonds is 4. The lowest BCUT2D eigenvalue weighted by Crippen LogP contribution is -2.31. The highest BCUT2D eigenvalue weighted by molar-refractivity contribution is 5.91. The Bertz CT molecular complexity index is 447. The molecule has 4 N–H and O–H groups in total. The minimum atomic E-state index is -0.553. The van der Waals surface area contributed by atoms with Gasteiger partial charge in [-0.2, -0.15) is 0 Å². The fourth-order valence-corrected chi connectivity index (χ4v) is 1.75. The molecule has 0 radical (unpaired) electrons. The number of pyridine rings is 1. The molecule has 0 saturated carbocycles. The second-order valence-electron chi connectivity index (χ2n) is 3.98. The van der Waals surface area contributed by atoms with E-state index >= 15 is 0 Å². The van der Waals surface area contributed by atoms with Gasteiger partial charge in [0.25, 0.3) is 5.91 Å². The van der Waals surface area contributed by atoms with Crippen LogP contribution < -0.4 is 16.4 Å². The van der Waals surface area contributed by atoms with Crippen molar-refractivity contribution in [2.24, 2.45) is 5.73 Å². The summed E-state index contributed by atoms with van der Waals surface area (Å²) in [6, 6.07) is 3.50. The maximum absolute atomic E-state index is 11.0. The lowest BCUT2D eigenvalue weighted by Gasteiger charge is -2.12. The highest BCUT2D eigenvalue weighted by Crippen LogP contribution is 2.10. The van der Waals surface area contributed by atoms with Crippen LogP contribution in [0, 0.1) is 0 Å². The summed E-state index contributed by atoms with van der Waals surface area (Å²) in [7, 11) is 0. The molecule has 1 aliphatic heterocycles. The number of nitrogens with two attached hydrogens (primary N) is 1. The molecule has 1 unspecified atom stereocenters. The molecule has 1 aromatic heterocycles. The Morgan fingerprint density at radius 3 is 3.12 bits per heavy atom. The van der Waals surface area contributed by atoms with Crippen LogP contribution in [0.1, 0.15) is 23.3 Å². The maximum atomic E-state index is 11.0. The van der Waals surface area contributed by atoms with Gasteiger partial charge < -0.3 is 16.4 Å². The number of carbonyl (C=O) groups is 2. The first-order valence-electron chi connectivity index (χ1n) is 5.44. The first kappa shape index (κ1) is 11.4. The molecule has 1 fully saturated rings. The van der Waals surface area contributed by atoms with Crippen LogP contribution in [0.5, 0.6) is 0 Å². The average Bonchev–Trinajstić information content (AvgIpc) is 2.73. The predicted octanol–water partition coefficient (Wildman–Crippen LogP) is -0.129. The predicted molar refractivity (Wildman–Crippen MR) is 62.4 cm³/mol. The molecule has 0 spiro atoms. The summed E-state index contributed by atoms with van der Waals surface area (Å²) in [5, 5.41) is 5.99. The van der Waals surface area contributed by atoms with Crippen LogP contribution in [0.3, 0.4) is 0 Å². The number of nitrogens with one attached hydrogen (secondary N) is 2. The molecule has 0 aromatic carbocycles. The Balaban J connectivity index is 1.92. The zero-order chi connectivity index (χ0) is 12.3. The van der Waals surface area contributed by atoms with Crippen molar-refractivity contribution in [3.05, 3.63) is 24.0 Å². The van der Waals surface area contributed by atoms with Gasteiger partial charge in [0.15, 0.2) is 0 Å². The summed E-state index contributed by atoms with van der Waals surface area (Å²) in [5.74, 6) is -0.466. The van der Waals surface area contributed by atoms with Gasteiger partial charge in [0.1, 0.15) is 5.69 Å². The normalized spacial score (nSPS) is 18.8. The van der Waals surface area contributed by atoms with Gasteiger partial charge in [-0.15, -0.1) is 0 Å². The zero-order valence-corrected chi connectivity index (χ0v) is 9.27. The van der Waals surface area contributed by atoms with E-state index in [1.54, 1.807) is 12.1 Å². The summed E-state index contributed by atoms with van der Waals surface area (Å²) < 4.78 is 0. The molecule has 90 valence electrons. The van der Waals surface area contributed by atoms with Gasteiger partial charge in [0, 0.05) is 30.9 Å². The summed E-state index contributed by atoms with van der Waals surface area (Å²) in [5.41, 5.74) is 6.13. The molecule has 2 amide bonds. The van der Waals surface area contributed by atoms with Gasteiger partial charge in [-0.3, -0.25) is 14.6 Å². The van der Waals surface area contributed by atoms with Gasteiger partial charge >= 0.3 is 0 Å². The van der Waals surface area contributed by atoms with E-state index in [0.29, 0.717) is 13.0 Å². The third kappa shape index (κ3) is 2.93. The van der Waals surface area contributed by atoms with E-state index in [2.05, 4.69) is 15.6 Å². The number of hydrogen-bond donors (Lipinski definition) is 3. The minimum absolute atomic E-state index is 0.0874. The third-order valence-electron chi connectivity index (χ3n) is 2.65. The SMILES string of the molecule is NC(=O)c1cc(NCC2CCC(=O)N2)ccn1. The van der Waals surface area contributed by atoms with Gasteiger partial charge in [-0.05, 0) is 18.6 Å². The van der Waals surface area contributed by atoms with Crippen molar-refractivity contribution in [2.75, 3.05) is 11.9 Å². The minimum Gasteiger partial charge on any atom is -0.383 e. The smallest absolute Gasteiger partial charge is 0.267 e. The standard InChI is InChI=1S/C11H14N4O2/c12-11(17)9-5-7(3-4-13-9)14-6-8-1-2-10(16)15-8/h3-5,8H,1-2,6H2,(H2,12,17)(H,13,14)(H,15,16). The molecule has 17 heavy (non-hydrogen) atoms. The van der Waals surface area contributed by atoms with Crippen LogP contribution >= 0.6 is 0 Å². The Labute approximate surface area is 98.6 Å². The lowest BCUT2D eigenvalue weighted by molar-refractivity contribution is -0.119. The second kappa shape index (κ2) is 4.82. The van der Waals surface area contributed by atoms with Gasteiger partial charge in [0.2, 0.25) is 5.91 Å². The first-order chi connectivity index (χ1) is 8.15. The summed E-state index contributed by atoms with van der Waals surface area (Å²) in [6.07, 6.45) is 2.93. The van der Waals surface area contributed by atoms with Crippen LogP contribution in [0.4, 0.5) is 5.69 Å². The fourth-order valence-electron chi connectivity index (χ4n) is 1.75. The van der Waals surface area contributed by atoms with Crippen LogP contribution in [0.2, 0.25) is 0 Å². The van der Waals surface area contributed by atoms with Gasteiger partial charge in [-0.25, -0.2) is 0 Å². The van der Waals surface area contributed by atoms with E-state index in [4.69, 9.17) is 5.73 Å². The van der Waals surface area contributed by atoms with E-state index in [1.165, 1.54) is 6.20 Å². The maximum Gasteiger partial charge on any atom is 0.267 e. The van der Waals surface area contributed by atoms with Crippen LogP contribution in [-0.4, -0.2) is 29.4 Å². The average molecular weight is 234 g/mol. The molecule has 1 aromatic rings. The molecule has 0 bridgehead atoms. The molecular formula is C11H14N4O2. The molecule has 2 rings (SSSR count). The largest absolute Gasteiger partial charge is 0.383 e. The van der Waals surface area contributed by atoms with E-state index in [-0.39, 0.29) is 17.6 Å². The van der Waals surface area contributed by atoms with E-state index in [0.717, 1.165) is 12.1 Å². The highest BCUT2D eigenvalue weighted by Gasteiger charge is 2.20. The van der Waals surface area contributed by atoms with Crippen molar-refractivity contribution < 1.29 is 9.59 Å². The van der Waals surface area contributed by atoms with Crippen LogP contribution in [0.15, 0.2) is 18.3 Å². The Hall–Kier alpha value is -2.11. The van der Waals surface area contributed by atoms with Crippen molar-refractivity contribution in [1.82, 2.24) is 10.3 Å². The van der Waals surface area contributed by atoms with Crippen molar-refractivity contribution >= 4 is 17.5 Å². The van der Waals surface area contributed by atoms with E-state index < -0.39 is 5.91 Å². The molecule has 1 aliphatic rings. The summed E-state index contributed by atoms with van der Waals surface area (Å²) in [6.45, 7) is 0.633. The monoisotopic (exact) mass is 234 g/mol. The van der Waals surface area contributed by atoms with Crippen LogP contribution in [0.25, 0.3) is 0 Å². The number of carbonyl (C=O) groups excluding carboxylic acids is 2. The second-order valence-corrected chi connectivity index (χ2v) is 3.98. The quantitative estimate of drug-likeness (QED) is 0.676. The molecular weight excluding hydrogens is 220 g/mol. The van der Waals surface area contributed by atoms with Crippen molar-refractivity contribution in [3.8, 4) is 0 Å². The Morgan fingerprint density at radius 2 is 2.47 bits per heavy atom. The van der Waals surface area contributed by atoms with Crippen molar-refractivity contribution in [2.45, 2.75) is 18.9 Å². The number of amides is 2. The molecule has 2 heterocycles. The molecule has 6 nitrogen and oxygen atoms in total. The van der Waals surface area contributed by atoms with E-state index in [9.17, 15) is 9.59 Å². The summed E-state index contributed by atoms with van der Waals surface area (Å²) in [4.78, 5) is 25.8. The molecule has 0 aliphatic carbocycles. The van der Waals surface area contributed by atoms with Gasteiger partial charge in [-0.1, -0.05) is 0 Å². The Kier molecular flexibility index (Phi) is 3.22. The number of nitrogens with zero attached hydrogens (tertiary/aromatic N) is 1. The molecule has 1 atom stereocenters. The topological polar surface area (TPSA) is 97.1 Å². The van der Waals surface area contributed by atoms with Crippen LogP contribution in [-0.2, 0) is 4.79 Å². The molecule has 1 saturated heterocycles. The fraction of sp³-hybridized carbons (Fsp3) is 0.364. The Morgan fingerprint density at radius 1 is 1.65 bits per heavy atom. The molecule has 6 heteroatoms. The van der Waals surface area contributed by atoms with E-state index in [1.807, 2.05) is 0 Å². The van der Waals surface area contributed by atoms with Crippen molar-refractivity contribution in [3.63, 3.8) is 0 Å². The van der Waals surface area contributed by atoms with Gasteiger partial charge in [0.05, 0.1) is 0 Å². The number of primary amides is 1. The summed E-state index contributed by atoms with van der Waals surface area (Å²) >= 11 is 0. The number of hydrogen-bond acceptors (Lipinski definition) is 4. The highest BCUT2D eigenvalue weighted by atomic mass is 16.2.